The van der Waals surface area contributed by atoms with E-state index in [1.807, 2.05) is 0 Å². The van der Waals surface area contributed by atoms with Gasteiger partial charge in [0.2, 0.25) is 0 Å². The average Bonchev–Trinajstić information content (AvgIpc) is 2.35. The maximum atomic E-state index is 11.6. The minimum absolute atomic E-state index is 0.0394. The fourth-order valence-corrected chi connectivity index (χ4v) is 1.61. The van der Waals surface area contributed by atoms with Crippen LogP contribution in [0.3, 0.4) is 0 Å². The van der Waals surface area contributed by atoms with Crippen molar-refractivity contribution in [1.82, 2.24) is 0 Å². The fraction of sp³-hybridized carbons (Fsp3) is 0.100. The Labute approximate surface area is 104 Å². The molecule has 17 heavy (non-hydrogen) atoms. The van der Waals surface area contributed by atoms with Crippen molar-refractivity contribution in [3.05, 3.63) is 38.9 Å². The van der Waals surface area contributed by atoms with Gasteiger partial charge in [-0.1, -0.05) is 15.9 Å². The quantitative estimate of drug-likeness (QED) is 0.277. The molecule has 0 amide bonds. The summed E-state index contributed by atoms with van der Waals surface area (Å²) >= 11 is 2.87. The lowest BCUT2D eigenvalue weighted by Gasteiger charge is -2.04. The van der Waals surface area contributed by atoms with Crippen LogP contribution in [0.1, 0.15) is 26.3 Å². The zero-order valence-corrected chi connectivity index (χ0v) is 9.93. The number of nitro groups is 1. The predicted octanol–water partition coefficient (Wildman–Crippen LogP) is 1.86. The largest absolute Gasteiger partial charge is 0.298 e. The molecule has 1 aromatic rings. The summed E-state index contributed by atoms with van der Waals surface area (Å²) in [6, 6.07) is 3.84. The van der Waals surface area contributed by atoms with E-state index >= 15 is 0 Å². The molecule has 0 aliphatic heterocycles. The second-order valence-corrected chi connectivity index (χ2v) is 3.53. The van der Waals surface area contributed by atoms with Crippen LogP contribution in [-0.4, -0.2) is 22.3 Å². The summed E-state index contributed by atoms with van der Waals surface area (Å²) in [5.41, 5.74) is -1.11. The van der Waals surface area contributed by atoms with E-state index in [2.05, 4.69) is 15.9 Å². The van der Waals surface area contributed by atoms with Crippen LogP contribution < -0.4 is 0 Å². The third-order valence-corrected chi connectivity index (χ3v) is 2.56. The molecule has 6 nitrogen and oxygen atoms in total. The van der Waals surface area contributed by atoms with E-state index in [1.165, 1.54) is 0 Å². The summed E-state index contributed by atoms with van der Waals surface area (Å²) in [4.78, 5) is 32.2. The lowest BCUT2D eigenvalue weighted by Crippen LogP contribution is -2.09. The van der Waals surface area contributed by atoms with Gasteiger partial charge >= 0.3 is 0 Å². The van der Waals surface area contributed by atoms with E-state index in [-0.39, 0.29) is 22.0 Å². The second-order valence-electron chi connectivity index (χ2n) is 2.97. The number of carbonyl (C=O) groups is 2. The van der Waals surface area contributed by atoms with Crippen LogP contribution in [0.5, 0.6) is 0 Å². The van der Waals surface area contributed by atoms with E-state index in [1.54, 1.807) is 6.07 Å². The number of hydrogen-bond acceptors (Lipinski definition) is 5. The highest BCUT2D eigenvalue weighted by atomic mass is 79.9. The number of halogens is 1. The number of nitro benzene ring substituents is 1. The van der Waals surface area contributed by atoms with Crippen LogP contribution in [0.4, 0.5) is 5.69 Å². The second kappa shape index (κ2) is 5.32. The molecule has 0 N–H and O–H groups in total. The molecule has 0 saturated heterocycles. The Morgan fingerprint density at radius 2 is 2.24 bits per heavy atom. The van der Waals surface area contributed by atoms with Gasteiger partial charge in [-0.05, 0) is 6.07 Å². The van der Waals surface area contributed by atoms with E-state index < -0.39 is 16.4 Å². The zero-order chi connectivity index (χ0) is 13.0. The number of Topliss-reactive ketones (excluding diaryl/α,β-unsaturated/α-hetero) is 1. The number of alkyl halides is 1. The van der Waals surface area contributed by atoms with Gasteiger partial charge in [0.15, 0.2) is 12.1 Å². The Kier molecular flexibility index (Phi) is 4.06. The highest BCUT2D eigenvalue weighted by molar-refractivity contribution is 9.09. The third kappa shape index (κ3) is 2.37. The summed E-state index contributed by atoms with van der Waals surface area (Å²) in [6.45, 7) is 0. The van der Waals surface area contributed by atoms with Gasteiger partial charge in [-0.25, -0.2) is 0 Å². The molecule has 86 valence electrons. The SMILES string of the molecule is N#Cc1c(C=O)ccc([N+](=O)[O-])c1C(=O)CBr. The molecule has 0 heterocycles. The van der Waals surface area contributed by atoms with E-state index in [0.29, 0.717) is 6.29 Å². The number of hydrogen-bond donors (Lipinski definition) is 0. The molecule has 0 radical (unpaired) electrons. The maximum Gasteiger partial charge on any atom is 0.281 e. The Bertz CT molecular complexity index is 548. The van der Waals surface area contributed by atoms with Gasteiger partial charge in [0.1, 0.15) is 11.6 Å². The predicted molar refractivity (Wildman–Crippen MR) is 61.3 cm³/mol. The molecule has 0 spiro atoms. The van der Waals surface area contributed by atoms with Crippen molar-refractivity contribution in [2.45, 2.75) is 0 Å². The maximum absolute atomic E-state index is 11.6. The molecule has 0 aliphatic rings. The van der Waals surface area contributed by atoms with Gasteiger partial charge in [-0.2, -0.15) is 5.26 Å². The number of rotatable bonds is 4. The van der Waals surface area contributed by atoms with Crippen molar-refractivity contribution in [3.8, 4) is 6.07 Å². The Morgan fingerprint density at radius 1 is 1.59 bits per heavy atom. The fourth-order valence-electron chi connectivity index (χ4n) is 1.33. The van der Waals surface area contributed by atoms with Gasteiger partial charge in [0, 0.05) is 11.6 Å². The molecular weight excluding hydrogens is 292 g/mol. The summed E-state index contributed by atoms with van der Waals surface area (Å²) in [6.07, 6.45) is 0.382. The molecule has 0 fully saturated rings. The first-order valence-corrected chi connectivity index (χ1v) is 5.44. The van der Waals surface area contributed by atoms with Gasteiger partial charge < -0.3 is 0 Å². The van der Waals surface area contributed by atoms with Crippen molar-refractivity contribution in [3.63, 3.8) is 0 Å². The molecule has 7 heteroatoms. The van der Waals surface area contributed by atoms with Crippen molar-refractivity contribution >= 4 is 33.7 Å². The lowest BCUT2D eigenvalue weighted by atomic mass is 9.98. The van der Waals surface area contributed by atoms with Crippen LogP contribution >= 0.6 is 15.9 Å². The summed E-state index contributed by atoms with van der Waals surface area (Å²) < 4.78 is 0. The smallest absolute Gasteiger partial charge is 0.281 e. The molecule has 0 aromatic heterocycles. The summed E-state index contributed by atoms with van der Waals surface area (Å²) in [7, 11) is 0. The third-order valence-electron chi connectivity index (χ3n) is 2.05. The summed E-state index contributed by atoms with van der Waals surface area (Å²) in [5.74, 6) is -0.614. The Morgan fingerprint density at radius 3 is 2.65 bits per heavy atom. The van der Waals surface area contributed by atoms with Gasteiger partial charge in [0.05, 0.1) is 15.8 Å². The topological polar surface area (TPSA) is 101 Å². The Balaban J connectivity index is 3.69. The molecule has 0 unspecified atom stereocenters. The minimum Gasteiger partial charge on any atom is -0.298 e. The highest BCUT2D eigenvalue weighted by Gasteiger charge is 2.25. The Hall–Kier alpha value is -2.07. The highest BCUT2D eigenvalue weighted by Crippen LogP contribution is 2.25. The number of nitriles is 1. The number of nitrogens with zero attached hydrogens (tertiary/aromatic N) is 2. The lowest BCUT2D eigenvalue weighted by molar-refractivity contribution is -0.385. The van der Waals surface area contributed by atoms with E-state index in [0.717, 1.165) is 12.1 Å². The monoisotopic (exact) mass is 296 g/mol. The molecule has 0 bridgehead atoms. The first-order chi connectivity index (χ1) is 8.06. The zero-order valence-electron chi connectivity index (χ0n) is 8.34. The first-order valence-electron chi connectivity index (χ1n) is 4.32. The van der Waals surface area contributed by atoms with Gasteiger partial charge in [-0.3, -0.25) is 19.7 Å². The molecule has 0 saturated carbocycles. The van der Waals surface area contributed by atoms with Gasteiger partial charge in [-0.15, -0.1) is 0 Å². The number of carbonyl (C=O) groups excluding carboxylic acids is 2. The van der Waals surface area contributed by atoms with Crippen LogP contribution in [-0.2, 0) is 0 Å². The van der Waals surface area contributed by atoms with E-state index in [4.69, 9.17) is 5.26 Å². The van der Waals surface area contributed by atoms with Crippen molar-refractivity contribution in [2.75, 3.05) is 5.33 Å². The number of benzene rings is 1. The van der Waals surface area contributed by atoms with Crippen LogP contribution in [0, 0.1) is 21.4 Å². The van der Waals surface area contributed by atoms with Crippen molar-refractivity contribution in [1.29, 1.82) is 5.26 Å². The standard InChI is InChI=1S/C10H5BrN2O4/c11-3-9(15)10-7(4-12)6(5-14)1-2-8(10)13(16)17/h1-2,5H,3H2. The van der Waals surface area contributed by atoms with Crippen LogP contribution in [0.15, 0.2) is 12.1 Å². The van der Waals surface area contributed by atoms with Crippen molar-refractivity contribution < 1.29 is 14.5 Å². The molecular formula is C10H5BrN2O4. The van der Waals surface area contributed by atoms with Crippen LogP contribution in [0.25, 0.3) is 0 Å². The molecule has 1 rings (SSSR count). The average molecular weight is 297 g/mol. The number of aldehydes is 1. The molecule has 1 aromatic carbocycles. The van der Waals surface area contributed by atoms with E-state index in [9.17, 15) is 19.7 Å². The normalized spacial score (nSPS) is 9.41. The minimum atomic E-state index is -0.759. The molecule has 0 atom stereocenters. The van der Waals surface area contributed by atoms with Gasteiger partial charge in [0.25, 0.3) is 5.69 Å². The van der Waals surface area contributed by atoms with Crippen molar-refractivity contribution in [2.24, 2.45) is 0 Å². The van der Waals surface area contributed by atoms with Crippen LogP contribution in [0.2, 0.25) is 0 Å². The summed E-state index contributed by atoms with van der Waals surface area (Å²) in [5, 5.41) is 19.5. The molecule has 0 aliphatic carbocycles. The first kappa shape index (κ1) is 13.0. The number of ketones is 1.